The van der Waals surface area contributed by atoms with Gasteiger partial charge in [0.15, 0.2) is 0 Å². The van der Waals surface area contributed by atoms with Crippen molar-refractivity contribution in [1.29, 1.82) is 0 Å². The fourth-order valence-corrected chi connectivity index (χ4v) is 1.24. The van der Waals surface area contributed by atoms with Gasteiger partial charge in [-0.25, -0.2) is 0 Å². The molecule has 0 aliphatic heterocycles. The van der Waals surface area contributed by atoms with Crippen LogP contribution in [0.15, 0.2) is 0 Å². The Morgan fingerprint density at radius 3 is 2.40 bits per heavy atom. The molecule has 1 radical (unpaired) electrons. The molecule has 0 rings (SSSR count). The van der Waals surface area contributed by atoms with Crippen LogP contribution in [0.1, 0.15) is 52.9 Å². The molecule has 0 fully saturated rings. The zero-order valence-corrected chi connectivity index (χ0v) is 7.69. The quantitative estimate of drug-likeness (QED) is 0.493. The molecular weight excluding hydrogens is 120 g/mol. The van der Waals surface area contributed by atoms with Crippen molar-refractivity contribution in [2.45, 2.75) is 52.9 Å². The summed E-state index contributed by atoms with van der Waals surface area (Å²) in [5.41, 5.74) is 0. The summed E-state index contributed by atoms with van der Waals surface area (Å²) in [7, 11) is 0. The van der Waals surface area contributed by atoms with Crippen LogP contribution in [-0.4, -0.2) is 0 Å². The third-order valence-corrected chi connectivity index (χ3v) is 1.93. The van der Waals surface area contributed by atoms with Gasteiger partial charge in [0.25, 0.3) is 0 Å². The SMILES string of the molecule is CC[CH]CCC(C)CCC. The zero-order chi connectivity index (χ0) is 7.82. The van der Waals surface area contributed by atoms with E-state index in [4.69, 9.17) is 0 Å². The lowest BCUT2D eigenvalue weighted by molar-refractivity contribution is 0.482. The third-order valence-electron chi connectivity index (χ3n) is 1.93. The summed E-state index contributed by atoms with van der Waals surface area (Å²) in [5, 5.41) is 0. The van der Waals surface area contributed by atoms with Gasteiger partial charge >= 0.3 is 0 Å². The molecule has 0 aromatic rings. The summed E-state index contributed by atoms with van der Waals surface area (Å²) in [6, 6.07) is 0. The maximum Gasteiger partial charge on any atom is -0.0388 e. The van der Waals surface area contributed by atoms with Gasteiger partial charge < -0.3 is 0 Å². The standard InChI is InChI=1S/C10H21/c1-4-6-7-9-10(3)8-5-2/h6,10H,4-5,7-9H2,1-3H3. The first-order valence-electron chi connectivity index (χ1n) is 4.62. The van der Waals surface area contributed by atoms with Gasteiger partial charge in [-0.1, -0.05) is 46.5 Å². The summed E-state index contributed by atoms with van der Waals surface area (Å²) >= 11 is 0. The Morgan fingerprint density at radius 2 is 1.90 bits per heavy atom. The lowest BCUT2D eigenvalue weighted by atomic mass is 9.99. The molecule has 1 atom stereocenters. The van der Waals surface area contributed by atoms with Gasteiger partial charge in [-0.15, -0.1) is 0 Å². The van der Waals surface area contributed by atoms with Crippen LogP contribution in [0, 0.1) is 12.3 Å². The average molecular weight is 141 g/mol. The third kappa shape index (κ3) is 6.12. The van der Waals surface area contributed by atoms with Gasteiger partial charge in [0.2, 0.25) is 0 Å². The Morgan fingerprint density at radius 1 is 1.20 bits per heavy atom. The Labute approximate surface area is 66.0 Å². The summed E-state index contributed by atoms with van der Waals surface area (Å²) in [4.78, 5) is 0. The summed E-state index contributed by atoms with van der Waals surface area (Å²) in [6.07, 6.45) is 9.06. The van der Waals surface area contributed by atoms with Crippen LogP contribution in [0.25, 0.3) is 0 Å². The molecule has 0 aliphatic carbocycles. The fourth-order valence-electron chi connectivity index (χ4n) is 1.24. The first-order valence-corrected chi connectivity index (χ1v) is 4.62. The predicted molar refractivity (Wildman–Crippen MR) is 47.9 cm³/mol. The normalized spacial score (nSPS) is 13.5. The van der Waals surface area contributed by atoms with Crippen LogP contribution < -0.4 is 0 Å². The average Bonchev–Trinajstić information content (AvgIpc) is 1.89. The first kappa shape index (κ1) is 10.0. The first-order chi connectivity index (χ1) is 4.81. The van der Waals surface area contributed by atoms with Crippen LogP contribution in [-0.2, 0) is 0 Å². The van der Waals surface area contributed by atoms with Crippen LogP contribution >= 0.6 is 0 Å². The molecule has 0 aliphatic rings. The maximum atomic E-state index is 2.38. The van der Waals surface area contributed by atoms with Crippen molar-refractivity contribution in [3.05, 3.63) is 6.42 Å². The summed E-state index contributed by atoms with van der Waals surface area (Å²) < 4.78 is 0. The van der Waals surface area contributed by atoms with Crippen molar-refractivity contribution in [2.75, 3.05) is 0 Å². The van der Waals surface area contributed by atoms with E-state index in [0.717, 1.165) is 5.92 Å². The maximum absolute atomic E-state index is 2.38. The minimum atomic E-state index is 0.938. The molecule has 0 N–H and O–H groups in total. The Bertz CT molecular complexity index is 57.1. The molecule has 10 heavy (non-hydrogen) atoms. The molecule has 0 spiro atoms. The summed E-state index contributed by atoms with van der Waals surface area (Å²) in [6.45, 7) is 6.83. The number of hydrogen-bond acceptors (Lipinski definition) is 0. The van der Waals surface area contributed by atoms with Gasteiger partial charge in [-0.2, -0.15) is 0 Å². The van der Waals surface area contributed by atoms with Crippen LogP contribution in [0.3, 0.4) is 0 Å². The van der Waals surface area contributed by atoms with E-state index in [1.54, 1.807) is 0 Å². The minimum absolute atomic E-state index is 0.938. The largest absolute Gasteiger partial charge is 0.0654 e. The van der Waals surface area contributed by atoms with E-state index in [0.29, 0.717) is 0 Å². The Hall–Kier alpha value is 0. The second kappa shape index (κ2) is 7.11. The van der Waals surface area contributed by atoms with E-state index in [1.807, 2.05) is 0 Å². The molecule has 0 amide bonds. The van der Waals surface area contributed by atoms with E-state index >= 15 is 0 Å². The van der Waals surface area contributed by atoms with Crippen molar-refractivity contribution >= 4 is 0 Å². The van der Waals surface area contributed by atoms with E-state index < -0.39 is 0 Å². The number of hydrogen-bond donors (Lipinski definition) is 0. The van der Waals surface area contributed by atoms with E-state index in [9.17, 15) is 0 Å². The second-order valence-electron chi connectivity index (χ2n) is 3.17. The number of rotatable bonds is 6. The van der Waals surface area contributed by atoms with Gasteiger partial charge in [0, 0.05) is 0 Å². The lowest BCUT2D eigenvalue weighted by Crippen LogP contribution is -1.93. The van der Waals surface area contributed by atoms with Gasteiger partial charge in [0.05, 0.1) is 0 Å². The van der Waals surface area contributed by atoms with Crippen molar-refractivity contribution in [1.82, 2.24) is 0 Å². The van der Waals surface area contributed by atoms with Gasteiger partial charge in [-0.05, 0) is 18.8 Å². The molecule has 0 saturated carbocycles. The summed E-state index contributed by atoms with van der Waals surface area (Å²) in [5.74, 6) is 0.938. The molecule has 0 aromatic carbocycles. The molecule has 0 nitrogen and oxygen atoms in total. The smallest absolute Gasteiger partial charge is 0.0388 e. The number of unbranched alkanes of at least 4 members (excludes halogenated alkanes) is 2. The fraction of sp³-hybridized carbons (Fsp3) is 0.900. The van der Waals surface area contributed by atoms with Crippen molar-refractivity contribution in [2.24, 2.45) is 5.92 Å². The molecule has 0 saturated heterocycles. The van der Waals surface area contributed by atoms with Gasteiger partial charge in [-0.3, -0.25) is 0 Å². The minimum Gasteiger partial charge on any atom is -0.0654 e. The van der Waals surface area contributed by atoms with Gasteiger partial charge in [0.1, 0.15) is 0 Å². The van der Waals surface area contributed by atoms with Crippen LogP contribution in [0.5, 0.6) is 0 Å². The predicted octanol–water partition coefficient (Wildman–Crippen LogP) is 3.82. The monoisotopic (exact) mass is 141 g/mol. The molecule has 0 aromatic heterocycles. The highest BCUT2D eigenvalue weighted by molar-refractivity contribution is 4.63. The highest BCUT2D eigenvalue weighted by atomic mass is 14.0. The molecule has 0 heteroatoms. The van der Waals surface area contributed by atoms with E-state index in [2.05, 4.69) is 27.2 Å². The molecule has 1 unspecified atom stereocenters. The van der Waals surface area contributed by atoms with Crippen molar-refractivity contribution < 1.29 is 0 Å². The highest BCUT2D eigenvalue weighted by Crippen LogP contribution is 2.13. The van der Waals surface area contributed by atoms with Crippen molar-refractivity contribution in [3.63, 3.8) is 0 Å². The Kier molecular flexibility index (Phi) is 7.11. The molecular formula is C10H21. The lowest BCUT2D eigenvalue weighted by Gasteiger charge is -2.07. The highest BCUT2D eigenvalue weighted by Gasteiger charge is 1.98. The Balaban J connectivity index is 2.97. The van der Waals surface area contributed by atoms with E-state index in [1.165, 1.54) is 32.1 Å². The second-order valence-corrected chi connectivity index (χ2v) is 3.17. The van der Waals surface area contributed by atoms with E-state index in [-0.39, 0.29) is 0 Å². The topological polar surface area (TPSA) is 0 Å². The van der Waals surface area contributed by atoms with Crippen LogP contribution in [0.4, 0.5) is 0 Å². The molecule has 0 heterocycles. The molecule has 0 bridgehead atoms. The van der Waals surface area contributed by atoms with Crippen LogP contribution in [0.2, 0.25) is 0 Å². The van der Waals surface area contributed by atoms with Crippen molar-refractivity contribution in [3.8, 4) is 0 Å². The molecule has 61 valence electrons. The zero-order valence-electron chi connectivity index (χ0n) is 7.69.